The molecule has 11 nitrogen and oxygen atoms in total. The van der Waals surface area contributed by atoms with Gasteiger partial charge in [-0.2, -0.15) is 0 Å². The Balaban J connectivity index is 1.90. The highest BCUT2D eigenvalue weighted by Crippen LogP contribution is 2.57. The lowest BCUT2D eigenvalue weighted by Gasteiger charge is -2.29. The van der Waals surface area contributed by atoms with E-state index in [0.29, 0.717) is 0 Å². The fourth-order valence-electron chi connectivity index (χ4n) is 4.42. The van der Waals surface area contributed by atoms with E-state index in [2.05, 4.69) is 5.32 Å². The number of Topliss-reactive ketones (excluding diaryl/α,β-unsaturated/α-hetero) is 2. The molecule has 0 saturated heterocycles. The number of ketones is 3. The monoisotopic (exact) mass is 514 g/mol. The van der Waals surface area contributed by atoms with Crippen LogP contribution in [0, 0.1) is 6.92 Å². The predicted octanol–water partition coefficient (Wildman–Crippen LogP) is 2.03. The minimum atomic E-state index is -4.11. The fraction of sp³-hybridized carbons (Fsp3) is 0.208. The molecule has 1 atom stereocenters. The van der Waals surface area contributed by atoms with E-state index in [9.17, 15) is 38.1 Å². The third kappa shape index (κ3) is 3.45. The number of anilines is 1. The lowest BCUT2D eigenvalue weighted by molar-refractivity contribution is -0.123. The Morgan fingerprint density at radius 2 is 1.75 bits per heavy atom. The van der Waals surface area contributed by atoms with Crippen molar-refractivity contribution >= 4 is 33.1 Å². The molecule has 4 rings (SSSR count). The second-order valence-corrected chi connectivity index (χ2v) is 10.3. The first-order chi connectivity index (χ1) is 16.6. The van der Waals surface area contributed by atoms with E-state index in [1.807, 2.05) is 0 Å². The van der Waals surface area contributed by atoms with Crippen LogP contribution in [0.25, 0.3) is 0 Å². The van der Waals surface area contributed by atoms with E-state index in [1.54, 1.807) is 0 Å². The third-order valence-corrected chi connectivity index (χ3v) is 7.29. The lowest BCUT2D eigenvalue weighted by Crippen LogP contribution is -2.40. The molecule has 12 heteroatoms. The molecule has 6 N–H and O–H groups in total. The van der Waals surface area contributed by atoms with Gasteiger partial charge in [-0.25, -0.2) is 13.6 Å². The molecular formula is C24H22N2O9S. The van der Waals surface area contributed by atoms with E-state index in [1.165, 1.54) is 27.7 Å². The number of nitrogens with two attached hydrogens (primary N) is 1. The summed E-state index contributed by atoms with van der Waals surface area (Å²) in [4.78, 5) is 38.7. The number of hydrogen-bond donors (Lipinski definition) is 5. The van der Waals surface area contributed by atoms with Crippen LogP contribution in [0.5, 0.6) is 23.0 Å². The van der Waals surface area contributed by atoms with Gasteiger partial charge in [0.15, 0.2) is 17.3 Å². The molecule has 2 aromatic carbocycles. The summed E-state index contributed by atoms with van der Waals surface area (Å²) < 4.78 is 29.1. The van der Waals surface area contributed by atoms with Crippen molar-refractivity contribution in [1.29, 1.82) is 0 Å². The number of sulfonamides is 1. The van der Waals surface area contributed by atoms with Crippen LogP contribution >= 0.6 is 0 Å². The number of fused-ring (bicyclic) bond motifs is 3. The average molecular weight is 515 g/mol. The van der Waals surface area contributed by atoms with Crippen molar-refractivity contribution < 1.29 is 42.9 Å². The molecule has 1 aliphatic carbocycles. The Labute approximate surface area is 205 Å². The first-order valence-electron chi connectivity index (χ1n) is 10.5. The fourth-order valence-corrected chi connectivity index (χ4v) is 4.96. The number of benzene rings is 2. The molecule has 36 heavy (non-hydrogen) atoms. The first kappa shape index (κ1) is 24.9. The number of primary sulfonamides is 1. The number of allylic oxidation sites excluding steroid dienone is 4. The molecule has 1 heterocycles. The van der Waals surface area contributed by atoms with Gasteiger partial charge in [-0.15, -0.1) is 0 Å². The second kappa shape index (κ2) is 7.93. The number of phenols is 3. The van der Waals surface area contributed by atoms with Crippen molar-refractivity contribution in [3.63, 3.8) is 0 Å². The highest BCUT2D eigenvalue weighted by molar-refractivity contribution is 7.89. The molecule has 0 radical (unpaired) electrons. The van der Waals surface area contributed by atoms with Crippen molar-refractivity contribution in [3.8, 4) is 23.0 Å². The number of rotatable bonds is 4. The zero-order valence-electron chi connectivity index (χ0n) is 19.6. The summed E-state index contributed by atoms with van der Waals surface area (Å²) in [5, 5.41) is 39.3. The molecule has 2 aliphatic rings. The van der Waals surface area contributed by atoms with Crippen molar-refractivity contribution in [2.75, 3.05) is 5.32 Å². The van der Waals surface area contributed by atoms with Crippen LogP contribution in [0.3, 0.4) is 0 Å². The van der Waals surface area contributed by atoms with Crippen molar-refractivity contribution in [2.24, 2.45) is 5.14 Å². The molecule has 0 aromatic heterocycles. The maximum Gasteiger partial charge on any atom is 0.238 e. The summed E-state index contributed by atoms with van der Waals surface area (Å²) >= 11 is 0. The summed E-state index contributed by atoms with van der Waals surface area (Å²) in [6.07, 6.45) is 1.04. The van der Waals surface area contributed by atoms with Crippen molar-refractivity contribution in [2.45, 2.75) is 38.0 Å². The number of aromatic hydroxyl groups is 3. The summed E-state index contributed by atoms with van der Waals surface area (Å²) in [5.74, 6) is -3.82. The zero-order valence-corrected chi connectivity index (χ0v) is 20.4. The Morgan fingerprint density at radius 3 is 2.33 bits per heavy atom. The topological polar surface area (TPSA) is 193 Å². The number of carbonyl (C=O) groups is 3. The predicted molar refractivity (Wildman–Crippen MR) is 126 cm³/mol. The van der Waals surface area contributed by atoms with Gasteiger partial charge in [0, 0.05) is 17.3 Å². The third-order valence-electron chi connectivity index (χ3n) is 6.38. The molecule has 0 spiro atoms. The Bertz CT molecular complexity index is 1590. The van der Waals surface area contributed by atoms with E-state index in [-0.39, 0.29) is 55.8 Å². The molecule has 0 fully saturated rings. The molecule has 0 bridgehead atoms. The average Bonchev–Trinajstić information content (AvgIpc) is 3.05. The Morgan fingerprint density at radius 1 is 1.11 bits per heavy atom. The Kier molecular flexibility index (Phi) is 5.50. The minimum absolute atomic E-state index is 0.0291. The first-order valence-corrected chi connectivity index (χ1v) is 12.1. The largest absolute Gasteiger partial charge is 0.507 e. The molecule has 1 aliphatic heterocycles. The number of hydrogen-bond acceptors (Lipinski definition) is 10. The zero-order chi connectivity index (χ0) is 26.9. The normalized spacial score (nSPS) is 20.3. The van der Waals surface area contributed by atoms with Crippen LogP contribution in [0.1, 0.15) is 42.3 Å². The van der Waals surface area contributed by atoms with E-state index >= 15 is 0 Å². The van der Waals surface area contributed by atoms with Gasteiger partial charge >= 0.3 is 0 Å². The maximum atomic E-state index is 13.8. The van der Waals surface area contributed by atoms with Gasteiger partial charge in [-0.1, -0.05) is 0 Å². The smallest absolute Gasteiger partial charge is 0.238 e. The van der Waals surface area contributed by atoms with Crippen LogP contribution in [-0.2, 0) is 25.0 Å². The van der Waals surface area contributed by atoms with Crippen LogP contribution < -0.4 is 15.2 Å². The van der Waals surface area contributed by atoms with Crippen LogP contribution in [0.15, 0.2) is 46.2 Å². The molecule has 188 valence electrons. The summed E-state index contributed by atoms with van der Waals surface area (Å²) in [6, 6.07) is 3.22. The minimum Gasteiger partial charge on any atom is -0.507 e. The van der Waals surface area contributed by atoms with Crippen molar-refractivity contribution in [1.82, 2.24) is 0 Å². The standard InChI is InChI=1S/C24H22N2O9S/c1-9-20(30)18(11(3)27)22-19(21(9)31)24(4)16(35-22)8-15(29)17(23(24)32)10(2)26-13-7-12(36(25,33)34)5-6-14(13)28/h5-8,26,28,30-31H,1-4H3,(H2,25,33,34)/t24-/m0/s1. The summed E-state index contributed by atoms with van der Waals surface area (Å²) in [6.45, 7) is 5.33. The molecule has 0 unspecified atom stereocenters. The van der Waals surface area contributed by atoms with Gasteiger partial charge in [0.1, 0.15) is 39.7 Å². The van der Waals surface area contributed by atoms with E-state index in [4.69, 9.17) is 9.88 Å². The van der Waals surface area contributed by atoms with Gasteiger partial charge in [0.2, 0.25) is 10.0 Å². The van der Waals surface area contributed by atoms with Gasteiger partial charge in [0.05, 0.1) is 21.7 Å². The molecular weight excluding hydrogens is 492 g/mol. The molecule has 0 saturated carbocycles. The van der Waals surface area contributed by atoms with Crippen molar-refractivity contribution in [3.05, 3.63) is 58.0 Å². The van der Waals surface area contributed by atoms with Gasteiger partial charge < -0.3 is 25.4 Å². The SMILES string of the molecule is CC(=O)c1c(O)c(C)c(O)c2c1OC1=CC(=O)C(=C(C)Nc3cc(S(N)(=O)=O)ccc3O)C(=O)[C@@]12C. The highest BCUT2D eigenvalue weighted by Gasteiger charge is 2.56. The van der Waals surface area contributed by atoms with Gasteiger partial charge in [-0.3, -0.25) is 14.4 Å². The highest BCUT2D eigenvalue weighted by atomic mass is 32.2. The number of ether oxygens (including phenoxy) is 1. The van der Waals surface area contributed by atoms with Gasteiger partial charge in [0.25, 0.3) is 0 Å². The summed E-state index contributed by atoms with van der Waals surface area (Å²) in [7, 11) is -4.11. The number of carbonyl (C=O) groups excluding carboxylic acids is 3. The van der Waals surface area contributed by atoms with Crippen LogP contribution in [-0.4, -0.2) is 41.1 Å². The quantitative estimate of drug-likeness (QED) is 0.174. The van der Waals surface area contributed by atoms with Crippen LogP contribution in [0.2, 0.25) is 0 Å². The van der Waals surface area contributed by atoms with Gasteiger partial charge in [-0.05, 0) is 45.9 Å². The lowest BCUT2D eigenvalue weighted by atomic mass is 9.70. The van der Waals surface area contributed by atoms with Crippen LogP contribution in [0.4, 0.5) is 5.69 Å². The second-order valence-electron chi connectivity index (χ2n) is 8.74. The number of phenolic OH excluding ortho intramolecular Hbond substituents is 3. The van der Waals surface area contributed by atoms with E-state index < -0.39 is 44.3 Å². The summed E-state index contributed by atoms with van der Waals surface area (Å²) in [5.41, 5.74) is -2.58. The van der Waals surface area contributed by atoms with E-state index in [0.717, 1.165) is 24.3 Å². The maximum absolute atomic E-state index is 13.8. The Hall–Kier alpha value is -4.16. The molecule has 2 aromatic rings. The number of nitrogens with one attached hydrogen (secondary N) is 1. The molecule has 0 amide bonds.